The summed E-state index contributed by atoms with van der Waals surface area (Å²) in [5.74, 6) is 0. The fraction of sp³-hybridized carbons (Fsp3) is 0.600. The van der Waals surface area contributed by atoms with Crippen molar-refractivity contribution in [3.8, 4) is 0 Å². The molecule has 1 N–H and O–H groups in total. The number of rotatable bonds is 4. The maximum Gasteiger partial charge on any atom is 0.0758 e. The van der Waals surface area contributed by atoms with E-state index in [4.69, 9.17) is 11.6 Å². The smallest absolute Gasteiger partial charge is 0.0758 e. The van der Waals surface area contributed by atoms with Gasteiger partial charge in [-0.25, -0.2) is 0 Å². The van der Waals surface area contributed by atoms with Crippen LogP contribution >= 0.6 is 11.6 Å². The molecule has 1 aliphatic rings. The number of likely N-dealkylation sites (tertiary alicyclic amines) is 1. The molecule has 1 atom stereocenters. The Balaban J connectivity index is 2.01. The Morgan fingerprint density at radius 2 is 1.78 bits per heavy atom. The van der Waals surface area contributed by atoms with E-state index < -0.39 is 0 Å². The van der Waals surface area contributed by atoms with Crippen molar-refractivity contribution in [2.45, 2.75) is 44.8 Å². The fourth-order valence-electron chi connectivity index (χ4n) is 2.60. The summed E-state index contributed by atoms with van der Waals surface area (Å²) in [4.78, 5) is 2.40. The third-order valence-electron chi connectivity index (χ3n) is 4.08. The van der Waals surface area contributed by atoms with Crippen molar-refractivity contribution >= 4 is 11.6 Å². The van der Waals surface area contributed by atoms with Crippen LogP contribution in [0.4, 0.5) is 0 Å². The second-order valence-electron chi connectivity index (χ2n) is 5.69. The van der Waals surface area contributed by atoms with Gasteiger partial charge in [-0.1, -0.05) is 23.7 Å². The molecular weight excluding hydrogens is 246 g/mol. The summed E-state index contributed by atoms with van der Waals surface area (Å²) in [5, 5.41) is 11.2. The molecule has 0 amide bonds. The van der Waals surface area contributed by atoms with Crippen molar-refractivity contribution in [2.75, 3.05) is 13.1 Å². The van der Waals surface area contributed by atoms with Crippen LogP contribution in [0.25, 0.3) is 0 Å². The molecule has 0 spiro atoms. The highest BCUT2D eigenvalue weighted by Crippen LogP contribution is 2.26. The molecule has 2 nitrogen and oxygen atoms in total. The molecule has 1 aliphatic heterocycles. The van der Waals surface area contributed by atoms with Gasteiger partial charge in [-0.3, -0.25) is 4.90 Å². The molecular formula is C15H22ClNO. The summed E-state index contributed by atoms with van der Waals surface area (Å²) < 4.78 is 0. The molecule has 0 aromatic heterocycles. The summed E-state index contributed by atoms with van der Waals surface area (Å²) >= 11 is 5.87. The van der Waals surface area contributed by atoms with Crippen LogP contribution in [0, 0.1) is 0 Å². The molecule has 2 rings (SSSR count). The molecule has 0 bridgehead atoms. The van der Waals surface area contributed by atoms with E-state index in [2.05, 4.69) is 18.7 Å². The standard InChI is InChI=1S/C15H22ClNO/c1-15(2,17-9-3-4-10-17)14(18)11-12-5-7-13(16)8-6-12/h5-8,14,18H,3-4,9-11H2,1-2H3. The molecule has 1 fully saturated rings. The zero-order chi connectivity index (χ0) is 13.2. The van der Waals surface area contributed by atoms with Crippen LogP contribution in [0.3, 0.4) is 0 Å². The van der Waals surface area contributed by atoms with Gasteiger partial charge in [0.05, 0.1) is 6.10 Å². The molecule has 0 saturated carbocycles. The van der Waals surface area contributed by atoms with E-state index in [1.54, 1.807) is 0 Å². The van der Waals surface area contributed by atoms with Gasteiger partial charge in [-0.2, -0.15) is 0 Å². The number of aliphatic hydroxyl groups excluding tert-OH is 1. The molecule has 1 saturated heterocycles. The lowest BCUT2D eigenvalue weighted by atomic mass is 9.90. The summed E-state index contributed by atoms with van der Waals surface area (Å²) in [6.07, 6.45) is 2.83. The van der Waals surface area contributed by atoms with Gasteiger partial charge in [-0.15, -0.1) is 0 Å². The highest BCUT2D eigenvalue weighted by Gasteiger charge is 2.35. The highest BCUT2D eigenvalue weighted by atomic mass is 35.5. The zero-order valence-electron chi connectivity index (χ0n) is 11.2. The summed E-state index contributed by atoms with van der Waals surface area (Å²) in [5.41, 5.74) is 0.982. The molecule has 1 heterocycles. The van der Waals surface area contributed by atoms with Gasteiger partial charge < -0.3 is 5.11 Å². The number of halogens is 1. The largest absolute Gasteiger partial charge is 0.391 e. The van der Waals surface area contributed by atoms with Crippen LogP contribution in [0.1, 0.15) is 32.3 Å². The Labute approximate surface area is 115 Å². The number of hydrogen-bond acceptors (Lipinski definition) is 2. The van der Waals surface area contributed by atoms with Crippen LogP contribution in [-0.2, 0) is 6.42 Å². The lowest BCUT2D eigenvalue weighted by Crippen LogP contribution is -2.51. The van der Waals surface area contributed by atoms with Crippen molar-refractivity contribution in [3.63, 3.8) is 0 Å². The molecule has 0 aliphatic carbocycles. The molecule has 3 heteroatoms. The van der Waals surface area contributed by atoms with E-state index in [1.165, 1.54) is 12.8 Å². The minimum absolute atomic E-state index is 0.157. The van der Waals surface area contributed by atoms with Crippen LogP contribution in [0.2, 0.25) is 5.02 Å². The second-order valence-corrected chi connectivity index (χ2v) is 6.13. The van der Waals surface area contributed by atoms with Crippen LogP contribution < -0.4 is 0 Å². The molecule has 0 radical (unpaired) electrons. The quantitative estimate of drug-likeness (QED) is 0.906. The lowest BCUT2D eigenvalue weighted by molar-refractivity contribution is 0.00337. The maximum absolute atomic E-state index is 10.5. The van der Waals surface area contributed by atoms with Crippen molar-refractivity contribution < 1.29 is 5.11 Å². The third kappa shape index (κ3) is 3.05. The Kier molecular flexibility index (Phi) is 4.31. The topological polar surface area (TPSA) is 23.5 Å². The maximum atomic E-state index is 10.5. The van der Waals surface area contributed by atoms with Crippen molar-refractivity contribution in [1.29, 1.82) is 0 Å². The van der Waals surface area contributed by atoms with E-state index in [1.807, 2.05) is 24.3 Å². The minimum Gasteiger partial charge on any atom is -0.391 e. The number of hydrogen-bond donors (Lipinski definition) is 1. The lowest BCUT2D eigenvalue weighted by Gasteiger charge is -2.39. The first-order valence-corrected chi connectivity index (χ1v) is 7.05. The fourth-order valence-corrected chi connectivity index (χ4v) is 2.72. The molecule has 100 valence electrons. The molecule has 1 unspecified atom stereocenters. The molecule has 1 aromatic carbocycles. The first-order chi connectivity index (χ1) is 8.50. The van der Waals surface area contributed by atoms with E-state index in [-0.39, 0.29) is 11.6 Å². The average molecular weight is 268 g/mol. The molecule has 1 aromatic rings. The van der Waals surface area contributed by atoms with E-state index in [0.717, 1.165) is 23.7 Å². The normalized spacial score (nSPS) is 19.1. The number of aliphatic hydroxyl groups is 1. The van der Waals surface area contributed by atoms with Gasteiger partial charge in [0.25, 0.3) is 0 Å². The van der Waals surface area contributed by atoms with E-state index in [0.29, 0.717) is 6.42 Å². The predicted octanol–water partition coefficient (Wildman–Crippen LogP) is 3.12. The van der Waals surface area contributed by atoms with Gasteiger partial charge in [-0.05, 0) is 57.5 Å². The van der Waals surface area contributed by atoms with Crippen molar-refractivity contribution in [1.82, 2.24) is 4.90 Å². The first kappa shape index (κ1) is 13.9. The van der Waals surface area contributed by atoms with E-state index in [9.17, 15) is 5.11 Å². The van der Waals surface area contributed by atoms with Crippen LogP contribution in [0.5, 0.6) is 0 Å². The minimum atomic E-state index is -0.350. The van der Waals surface area contributed by atoms with Crippen molar-refractivity contribution in [2.24, 2.45) is 0 Å². The van der Waals surface area contributed by atoms with E-state index >= 15 is 0 Å². The average Bonchev–Trinajstić information content (AvgIpc) is 2.86. The summed E-state index contributed by atoms with van der Waals surface area (Å²) in [6, 6.07) is 7.75. The Morgan fingerprint density at radius 3 is 2.33 bits per heavy atom. The number of nitrogens with zero attached hydrogens (tertiary/aromatic N) is 1. The van der Waals surface area contributed by atoms with Crippen molar-refractivity contribution in [3.05, 3.63) is 34.9 Å². The monoisotopic (exact) mass is 267 g/mol. The predicted molar refractivity (Wildman–Crippen MR) is 76.0 cm³/mol. The Hall–Kier alpha value is -0.570. The summed E-state index contributed by atoms with van der Waals surface area (Å²) in [6.45, 7) is 6.48. The Morgan fingerprint density at radius 1 is 1.22 bits per heavy atom. The number of benzene rings is 1. The van der Waals surface area contributed by atoms with Gasteiger partial charge in [0, 0.05) is 17.0 Å². The third-order valence-corrected chi connectivity index (χ3v) is 4.33. The van der Waals surface area contributed by atoms with Crippen LogP contribution in [-0.4, -0.2) is 34.7 Å². The SMILES string of the molecule is CC(C)(C(O)Cc1ccc(Cl)cc1)N1CCCC1. The van der Waals surface area contributed by atoms with Gasteiger partial charge >= 0.3 is 0 Å². The highest BCUT2D eigenvalue weighted by molar-refractivity contribution is 6.30. The van der Waals surface area contributed by atoms with Gasteiger partial charge in [0.1, 0.15) is 0 Å². The summed E-state index contributed by atoms with van der Waals surface area (Å²) in [7, 11) is 0. The Bertz CT molecular complexity index is 382. The second kappa shape index (κ2) is 5.60. The first-order valence-electron chi connectivity index (χ1n) is 6.68. The molecule has 18 heavy (non-hydrogen) atoms. The zero-order valence-corrected chi connectivity index (χ0v) is 12.0. The van der Waals surface area contributed by atoms with Crippen LogP contribution in [0.15, 0.2) is 24.3 Å². The van der Waals surface area contributed by atoms with Gasteiger partial charge in [0.2, 0.25) is 0 Å². The van der Waals surface area contributed by atoms with Gasteiger partial charge in [0.15, 0.2) is 0 Å².